The number of hydrogen-bond acceptors (Lipinski definition) is 3. The lowest BCUT2D eigenvalue weighted by atomic mass is 9.91. The molecule has 0 saturated heterocycles. The molecular weight excluding hydrogens is 299 g/mol. The van der Waals surface area contributed by atoms with Gasteiger partial charge in [-0.25, -0.2) is 4.39 Å². The highest BCUT2D eigenvalue weighted by atomic mass is 19.1. The molecule has 2 aromatic carbocycles. The van der Waals surface area contributed by atoms with Crippen molar-refractivity contribution in [1.29, 1.82) is 0 Å². The van der Waals surface area contributed by atoms with Crippen LogP contribution in [0.15, 0.2) is 36.4 Å². The molecule has 0 aliphatic carbocycles. The molecule has 0 radical (unpaired) electrons. The third-order valence-corrected chi connectivity index (χ3v) is 3.78. The van der Waals surface area contributed by atoms with Crippen molar-refractivity contribution in [2.45, 2.75) is 19.3 Å². The van der Waals surface area contributed by atoms with Crippen molar-refractivity contribution < 1.29 is 23.8 Å². The Hall–Kier alpha value is -2.56. The second kappa shape index (κ2) is 7.13. The molecule has 0 saturated carbocycles. The predicted octanol–water partition coefficient (Wildman–Crippen LogP) is 3.56. The Morgan fingerprint density at radius 2 is 1.83 bits per heavy atom. The molecule has 0 spiro atoms. The Labute approximate surface area is 134 Å². The summed E-state index contributed by atoms with van der Waals surface area (Å²) in [6.07, 6.45) is 0.234. The van der Waals surface area contributed by atoms with Crippen LogP contribution in [0.5, 0.6) is 11.5 Å². The van der Waals surface area contributed by atoms with Crippen LogP contribution in [0.1, 0.15) is 22.6 Å². The van der Waals surface area contributed by atoms with Gasteiger partial charge in [0.2, 0.25) is 0 Å². The molecule has 0 aliphatic rings. The SMILES string of the molecule is COc1ccc(CC(C(=O)O)c2ccc(C)c(F)c2)cc1OC. The number of hydrogen-bond donors (Lipinski definition) is 1. The zero-order chi connectivity index (χ0) is 17.0. The van der Waals surface area contributed by atoms with Crippen molar-refractivity contribution in [1.82, 2.24) is 0 Å². The summed E-state index contributed by atoms with van der Waals surface area (Å²) in [5.41, 5.74) is 1.70. The van der Waals surface area contributed by atoms with Crippen LogP contribution < -0.4 is 9.47 Å². The lowest BCUT2D eigenvalue weighted by molar-refractivity contribution is -0.138. The van der Waals surface area contributed by atoms with Crippen molar-refractivity contribution in [3.05, 3.63) is 58.9 Å². The fourth-order valence-corrected chi connectivity index (χ4v) is 2.42. The summed E-state index contributed by atoms with van der Waals surface area (Å²) in [6.45, 7) is 1.64. The van der Waals surface area contributed by atoms with Crippen LogP contribution in [-0.4, -0.2) is 25.3 Å². The fourth-order valence-electron chi connectivity index (χ4n) is 2.42. The molecule has 0 bridgehead atoms. The van der Waals surface area contributed by atoms with Gasteiger partial charge in [-0.15, -0.1) is 0 Å². The maximum atomic E-state index is 13.7. The van der Waals surface area contributed by atoms with Crippen LogP contribution >= 0.6 is 0 Å². The van der Waals surface area contributed by atoms with E-state index in [0.29, 0.717) is 22.6 Å². The Morgan fingerprint density at radius 3 is 2.39 bits per heavy atom. The molecule has 0 aliphatic heterocycles. The monoisotopic (exact) mass is 318 g/mol. The number of aliphatic carboxylic acids is 1. The third-order valence-electron chi connectivity index (χ3n) is 3.78. The van der Waals surface area contributed by atoms with Gasteiger partial charge in [-0.05, 0) is 48.2 Å². The summed E-state index contributed by atoms with van der Waals surface area (Å²) >= 11 is 0. The zero-order valence-electron chi connectivity index (χ0n) is 13.3. The van der Waals surface area contributed by atoms with Gasteiger partial charge in [0.1, 0.15) is 5.82 Å². The van der Waals surface area contributed by atoms with Crippen LogP contribution in [0.25, 0.3) is 0 Å². The number of ether oxygens (including phenoxy) is 2. The van der Waals surface area contributed by atoms with Crippen molar-refractivity contribution in [2.24, 2.45) is 0 Å². The summed E-state index contributed by atoms with van der Waals surface area (Å²) < 4.78 is 24.1. The molecule has 2 aromatic rings. The van der Waals surface area contributed by atoms with Crippen LogP contribution in [-0.2, 0) is 11.2 Å². The Morgan fingerprint density at radius 1 is 1.13 bits per heavy atom. The van der Waals surface area contributed by atoms with E-state index in [1.807, 2.05) is 0 Å². The smallest absolute Gasteiger partial charge is 0.311 e. The first kappa shape index (κ1) is 16.8. The maximum absolute atomic E-state index is 13.7. The lowest BCUT2D eigenvalue weighted by Crippen LogP contribution is -2.15. The summed E-state index contributed by atoms with van der Waals surface area (Å²) in [5.74, 6) is -1.12. The summed E-state index contributed by atoms with van der Waals surface area (Å²) in [6, 6.07) is 9.77. The number of rotatable bonds is 6. The van der Waals surface area contributed by atoms with Crippen molar-refractivity contribution >= 4 is 5.97 Å². The molecule has 1 N–H and O–H groups in total. The van der Waals surface area contributed by atoms with Crippen LogP contribution in [0.4, 0.5) is 4.39 Å². The predicted molar refractivity (Wildman–Crippen MR) is 84.8 cm³/mol. The molecule has 0 aromatic heterocycles. The fraction of sp³-hybridized carbons (Fsp3) is 0.278. The number of benzene rings is 2. The highest BCUT2D eigenvalue weighted by Gasteiger charge is 2.22. The van der Waals surface area contributed by atoms with Crippen LogP contribution in [0.3, 0.4) is 0 Å². The topological polar surface area (TPSA) is 55.8 Å². The highest BCUT2D eigenvalue weighted by Crippen LogP contribution is 2.30. The van der Waals surface area contributed by atoms with Crippen molar-refractivity contribution in [2.75, 3.05) is 14.2 Å². The average Bonchev–Trinajstić information content (AvgIpc) is 2.54. The molecule has 0 heterocycles. The highest BCUT2D eigenvalue weighted by molar-refractivity contribution is 5.76. The minimum absolute atomic E-state index is 0.234. The minimum atomic E-state index is -0.997. The summed E-state index contributed by atoms with van der Waals surface area (Å²) in [7, 11) is 3.05. The largest absolute Gasteiger partial charge is 0.493 e. The molecule has 5 heteroatoms. The zero-order valence-corrected chi connectivity index (χ0v) is 13.3. The van der Waals surface area contributed by atoms with Gasteiger partial charge in [0.05, 0.1) is 20.1 Å². The molecule has 23 heavy (non-hydrogen) atoms. The van der Waals surface area contributed by atoms with E-state index in [-0.39, 0.29) is 6.42 Å². The average molecular weight is 318 g/mol. The second-order valence-corrected chi connectivity index (χ2v) is 5.29. The Balaban J connectivity index is 2.33. The maximum Gasteiger partial charge on any atom is 0.311 e. The molecule has 0 fully saturated rings. The lowest BCUT2D eigenvalue weighted by Gasteiger charge is -2.15. The second-order valence-electron chi connectivity index (χ2n) is 5.29. The minimum Gasteiger partial charge on any atom is -0.493 e. The van der Waals surface area contributed by atoms with Gasteiger partial charge in [0, 0.05) is 0 Å². The molecule has 1 unspecified atom stereocenters. The molecule has 1 atom stereocenters. The summed E-state index contributed by atoms with van der Waals surface area (Å²) in [5, 5.41) is 9.50. The molecule has 0 amide bonds. The van der Waals surface area contributed by atoms with Crippen molar-refractivity contribution in [3.8, 4) is 11.5 Å². The van der Waals surface area contributed by atoms with Gasteiger partial charge in [0.25, 0.3) is 0 Å². The summed E-state index contributed by atoms with van der Waals surface area (Å²) in [4.78, 5) is 11.6. The van der Waals surface area contributed by atoms with E-state index in [4.69, 9.17) is 9.47 Å². The number of halogens is 1. The first-order valence-corrected chi connectivity index (χ1v) is 7.16. The quantitative estimate of drug-likeness (QED) is 0.885. The third kappa shape index (κ3) is 3.80. The van der Waals surface area contributed by atoms with E-state index in [2.05, 4.69) is 0 Å². The first-order chi connectivity index (χ1) is 11.0. The number of aryl methyl sites for hydroxylation is 1. The first-order valence-electron chi connectivity index (χ1n) is 7.16. The van der Waals surface area contributed by atoms with E-state index in [9.17, 15) is 14.3 Å². The van der Waals surface area contributed by atoms with E-state index in [0.717, 1.165) is 5.56 Å². The number of methoxy groups -OCH3 is 2. The van der Waals surface area contributed by atoms with Gasteiger partial charge in [0.15, 0.2) is 11.5 Å². The van der Waals surface area contributed by atoms with Gasteiger partial charge >= 0.3 is 5.97 Å². The van der Waals surface area contributed by atoms with Gasteiger partial charge < -0.3 is 14.6 Å². The van der Waals surface area contributed by atoms with Gasteiger partial charge in [-0.3, -0.25) is 4.79 Å². The van der Waals surface area contributed by atoms with Crippen LogP contribution in [0, 0.1) is 12.7 Å². The standard InChI is InChI=1S/C18H19FO4/c1-11-4-6-13(10-15(11)19)14(18(20)21)8-12-5-7-16(22-2)17(9-12)23-3/h4-7,9-10,14H,8H2,1-3H3,(H,20,21). The normalized spacial score (nSPS) is 11.8. The van der Waals surface area contributed by atoms with Crippen molar-refractivity contribution in [3.63, 3.8) is 0 Å². The molecular formula is C18H19FO4. The van der Waals surface area contributed by atoms with E-state index in [1.165, 1.54) is 20.3 Å². The molecule has 122 valence electrons. The van der Waals surface area contributed by atoms with Gasteiger partial charge in [-0.2, -0.15) is 0 Å². The number of carbonyl (C=O) groups is 1. The number of carboxylic acids is 1. The van der Waals surface area contributed by atoms with E-state index >= 15 is 0 Å². The van der Waals surface area contributed by atoms with Crippen LogP contribution in [0.2, 0.25) is 0 Å². The van der Waals surface area contributed by atoms with E-state index < -0.39 is 17.7 Å². The molecule has 2 rings (SSSR count). The van der Waals surface area contributed by atoms with E-state index in [1.54, 1.807) is 37.3 Å². The van der Waals surface area contributed by atoms with Gasteiger partial charge in [-0.1, -0.05) is 18.2 Å². The Bertz CT molecular complexity index is 712. The molecule has 4 nitrogen and oxygen atoms in total. The number of carboxylic acid groups (broad SMARTS) is 1. The Kier molecular flexibility index (Phi) is 5.21.